The van der Waals surface area contributed by atoms with Crippen molar-refractivity contribution in [3.63, 3.8) is 0 Å². The molecule has 0 unspecified atom stereocenters. The van der Waals surface area contributed by atoms with Crippen LogP contribution in [0, 0.1) is 0 Å². The fourth-order valence-electron chi connectivity index (χ4n) is 3.10. The van der Waals surface area contributed by atoms with Crippen molar-refractivity contribution in [3.05, 3.63) is 22.7 Å². The lowest BCUT2D eigenvalue weighted by atomic mass is 9.93. The average molecular weight is 295 g/mol. The van der Waals surface area contributed by atoms with E-state index in [0.29, 0.717) is 0 Å². The van der Waals surface area contributed by atoms with Gasteiger partial charge in [-0.25, -0.2) is 0 Å². The molecule has 0 radical (unpaired) electrons. The number of halogens is 1. The van der Waals surface area contributed by atoms with E-state index >= 15 is 0 Å². The first-order chi connectivity index (χ1) is 8.34. The third-order valence-electron chi connectivity index (χ3n) is 3.95. The van der Waals surface area contributed by atoms with E-state index in [9.17, 15) is 0 Å². The van der Waals surface area contributed by atoms with Crippen LogP contribution in [0.3, 0.4) is 0 Å². The van der Waals surface area contributed by atoms with E-state index in [1.54, 1.807) is 0 Å². The quantitative estimate of drug-likeness (QED) is 0.842. The van der Waals surface area contributed by atoms with Gasteiger partial charge < -0.3 is 10.2 Å². The maximum absolute atomic E-state index is 3.55. The Hall–Kier alpha value is -0.700. The molecule has 1 aliphatic heterocycles. The van der Waals surface area contributed by atoms with E-state index in [1.165, 1.54) is 43.5 Å². The van der Waals surface area contributed by atoms with Gasteiger partial charge in [0.25, 0.3) is 0 Å². The highest BCUT2D eigenvalue weighted by Gasteiger charge is 2.25. The van der Waals surface area contributed by atoms with Crippen LogP contribution >= 0.6 is 15.9 Å². The van der Waals surface area contributed by atoms with Gasteiger partial charge in [-0.05, 0) is 31.0 Å². The minimum absolute atomic E-state index is 0.769. The van der Waals surface area contributed by atoms with Gasteiger partial charge in [0.05, 0.1) is 11.4 Å². The average Bonchev–Trinajstić information content (AvgIpc) is 2.39. The van der Waals surface area contributed by atoms with E-state index in [2.05, 4.69) is 44.3 Å². The third kappa shape index (κ3) is 2.30. The fraction of sp³-hybridized carbons (Fsp3) is 0.571. The van der Waals surface area contributed by atoms with E-state index in [4.69, 9.17) is 0 Å². The summed E-state index contributed by atoms with van der Waals surface area (Å²) in [5.41, 5.74) is 2.68. The molecule has 1 fully saturated rings. The molecule has 1 N–H and O–H groups in total. The largest absolute Gasteiger partial charge is 0.382 e. The van der Waals surface area contributed by atoms with Crippen LogP contribution in [0.2, 0.25) is 0 Å². The lowest BCUT2D eigenvalue weighted by Crippen LogP contribution is -2.42. The Morgan fingerprint density at radius 2 is 2.00 bits per heavy atom. The van der Waals surface area contributed by atoms with Crippen molar-refractivity contribution in [3.8, 4) is 0 Å². The van der Waals surface area contributed by atoms with Crippen LogP contribution in [0.4, 0.5) is 11.4 Å². The second kappa shape index (κ2) is 4.89. The Labute approximate surface area is 112 Å². The van der Waals surface area contributed by atoms with Crippen molar-refractivity contribution in [1.82, 2.24) is 0 Å². The maximum Gasteiger partial charge on any atom is 0.0605 e. The van der Waals surface area contributed by atoms with Gasteiger partial charge in [0.15, 0.2) is 0 Å². The summed E-state index contributed by atoms with van der Waals surface area (Å²) in [6.45, 7) is 2.22. The molecular formula is C14H19BrN2. The number of benzene rings is 1. The smallest absolute Gasteiger partial charge is 0.0605 e. The molecule has 2 aliphatic rings. The summed E-state index contributed by atoms with van der Waals surface area (Å²) in [5.74, 6) is 0. The summed E-state index contributed by atoms with van der Waals surface area (Å²) in [6.07, 6.45) is 6.97. The van der Waals surface area contributed by atoms with Gasteiger partial charge >= 0.3 is 0 Å². The number of nitrogens with one attached hydrogen (secondary N) is 1. The molecule has 1 aliphatic carbocycles. The van der Waals surface area contributed by atoms with Gasteiger partial charge in [-0.15, -0.1) is 0 Å². The van der Waals surface area contributed by atoms with Crippen molar-refractivity contribution in [1.29, 1.82) is 0 Å². The Kier molecular flexibility index (Phi) is 3.28. The normalized spacial score (nSPS) is 20.9. The highest BCUT2D eigenvalue weighted by Crippen LogP contribution is 2.36. The standard InChI is InChI=1S/C14H19BrN2/c15-11-6-7-14-13(10-11)16-8-9-17(14)12-4-2-1-3-5-12/h6-7,10,12,16H,1-5,8-9H2. The number of anilines is 2. The van der Waals surface area contributed by atoms with Crippen molar-refractivity contribution in [2.24, 2.45) is 0 Å². The fourth-order valence-corrected chi connectivity index (χ4v) is 3.46. The van der Waals surface area contributed by atoms with Crippen LogP contribution in [0.1, 0.15) is 32.1 Å². The predicted molar refractivity (Wildman–Crippen MR) is 76.9 cm³/mol. The van der Waals surface area contributed by atoms with Gasteiger partial charge in [-0.1, -0.05) is 35.2 Å². The van der Waals surface area contributed by atoms with Crippen LogP contribution in [-0.2, 0) is 0 Å². The number of rotatable bonds is 1. The molecule has 2 nitrogen and oxygen atoms in total. The second-order valence-electron chi connectivity index (χ2n) is 5.07. The molecule has 17 heavy (non-hydrogen) atoms. The van der Waals surface area contributed by atoms with E-state index in [1.807, 2.05) is 0 Å². The molecule has 0 atom stereocenters. The molecule has 1 heterocycles. The number of hydrogen-bond acceptors (Lipinski definition) is 2. The first kappa shape index (κ1) is 11.4. The zero-order valence-electron chi connectivity index (χ0n) is 10.1. The monoisotopic (exact) mass is 294 g/mol. The highest BCUT2D eigenvalue weighted by molar-refractivity contribution is 9.10. The number of hydrogen-bond donors (Lipinski definition) is 1. The maximum atomic E-state index is 3.55. The van der Waals surface area contributed by atoms with E-state index in [0.717, 1.165) is 23.6 Å². The zero-order valence-corrected chi connectivity index (χ0v) is 11.7. The van der Waals surface area contributed by atoms with Gasteiger partial charge in [-0.3, -0.25) is 0 Å². The van der Waals surface area contributed by atoms with Crippen LogP contribution in [0.15, 0.2) is 22.7 Å². The van der Waals surface area contributed by atoms with Crippen molar-refractivity contribution in [2.75, 3.05) is 23.3 Å². The van der Waals surface area contributed by atoms with Crippen LogP contribution in [0.5, 0.6) is 0 Å². The van der Waals surface area contributed by atoms with Gasteiger partial charge in [0.1, 0.15) is 0 Å². The van der Waals surface area contributed by atoms with Crippen molar-refractivity contribution in [2.45, 2.75) is 38.1 Å². The minimum atomic E-state index is 0.769. The van der Waals surface area contributed by atoms with Crippen LogP contribution in [-0.4, -0.2) is 19.1 Å². The summed E-state index contributed by atoms with van der Waals surface area (Å²) in [4.78, 5) is 2.62. The molecule has 3 heteroatoms. The summed E-state index contributed by atoms with van der Waals surface area (Å²) in [5, 5.41) is 3.50. The van der Waals surface area contributed by atoms with Crippen molar-refractivity contribution >= 4 is 27.3 Å². The lowest BCUT2D eigenvalue weighted by molar-refractivity contribution is 0.415. The van der Waals surface area contributed by atoms with Crippen LogP contribution < -0.4 is 10.2 Å². The molecule has 1 saturated carbocycles. The van der Waals surface area contributed by atoms with Gasteiger partial charge in [0, 0.05) is 23.6 Å². The minimum Gasteiger partial charge on any atom is -0.382 e. The Morgan fingerprint density at radius 1 is 1.18 bits per heavy atom. The van der Waals surface area contributed by atoms with Crippen LogP contribution in [0.25, 0.3) is 0 Å². The third-order valence-corrected chi connectivity index (χ3v) is 4.44. The Bertz CT molecular complexity index is 399. The summed E-state index contributed by atoms with van der Waals surface area (Å²) < 4.78 is 1.16. The number of fused-ring (bicyclic) bond motifs is 1. The van der Waals surface area contributed by atoms with Gasteiger partial charge in [-0.2, -0.15) is 0 Å². The SMILES string of the molecule is Brc1ccc2c(c1)NCCN2C1CCCCC1. The number of nitrogens with zero attached hydrogens (tertiary/aromatic N) is 1. The predicted octanol–water partition coefficient (Wildman–Crippen LogP) is 4.01. The lowest BCUT2D eigenvalue weighted by Gasteiger charge is -2.40. The molecule has 0 aromatic heterocycles. The van der Waals surface area contributed by atoms with Gasteiger partial charge in [0.2, 0.25) is 0 Å². The van der Waals surface area contributed by atoms with E-state index < -0.39 is 0 Å². The Balaban J connectivity index is 1.88. The molecule has 92 valence electrons. The first-order valence-electron chi connectivity index (χ1n) is 6.65. The molecule has 1 aromatic carbocycles. The summed E-state index contributed by atoms with van der Waals surface area (Å²) in [6, 6.07) is 7.37. The Morgan fingerprint density at radius 3 is 2.82 bits per heavy atom. The van der Waals surface area contributed by atoms with Crippen molar-refractivity contribution < 1.29 is 0 Å². The summed E-state index contributed by atoms with van der Waals surface area (Å²) in [7, 11) is 0. The topological polar surface area (TPSA) is 15.3 Å². The van der Waals surface area contributed by atoms with E-state index in [-0.39, 0.29) is 0 Å². The molecule has 1 aromatic rings. The second-order valence-corrected chi connectivity index (χ2v) is 5.99. The zero-order chi connectivity index (χ0) is 11.7. The molecule has 3 rings (SSSR count). The highest BCUT2D eigenvalue weighted by atomic mass is 79.9. The molecule has 0 spiro atoms. The first-order valence-corrected chi connectivity index (χ1v) is 7.44. The molecular weight excluding hydrogens is 276 g/mol. The summed E-state index contributed by atoms with van der Waals surface area (Å²) >= 11 is 3.55. The molecule has 0 bridgehead atoms. The molecule has 0 saturated heterocycles. The molecule has 0 amide bonds.